The molecule has 4 aromatic rings. The summed E-state index contributed by atoms with van der Waals surface area (Å²) in [4.78, 5) is 26.1. The number of benzene rings is 1. The van der Waals surface area contributed by atoms with Gasteiger partial charge < -0.3 is 10.0 Å². The third kappa shape index (κ3) is 4.39. The van der Waals surface area contributed by atoms with E-state index in [1.807, 2.05) is 5.38 Å². The van der Waals surface area contributed by atoms with Crippen LogP contribution in [0.2, 0.25) is 0 Å². The maximum absolute atomic E-state index is 14.7. The van der Waals surface area contributed by atoms with E-state index in [9.17, 15) is 18.7 Å². The van der Waals surface area contributed by atoms with Crippen LogP contribution in [0.5, 0.6) is 0 Å². The van der Waals surface area contributed by atoms with E-state index in [4.69, 9.17) is 0 Å². The van der Waals surface area contributed by atoms with Gasteiger partial charge in [0, 0.05) is 30.7 Å². The second-order valence-electron chi connectivity index (χ2n) is 8.66. The summed E-state index contributed by atoms with van der Waals surface area (Å²) in [5.41, 5.74) is 0.587. The Hall–Kier alpha value is -3.73. The molecule has 1 aromatic carbocycles. The number of carboxylic acid groups (broad SMARTS) is 1. The first-order chi connectivity index (χ1) is 16.9. The van der Waals surface area contributed by atoms with Crippen molar-refractivity contribution in [1.29, 1.82) is 0 Å². The number of rotatable bonds is 8. The largest absolute Gasteiger partial charge is 0.481 e. The number of nitrogens with zero attached hydrogens (tertiary/aromatic N) is 6. The minimum absolute atomic E-state index is 0.00183. The van der Waals surface area contributed by atoms with Crippen LogP contribution in [0.4, 0.5) is 14.6 Å². The smallest absolute Gasteiger partial charge is 0.311 e. The molecule has 8 nitrogen and oxygen atoms in total. The van der Waals surface area contributed by atoms with Gasteiger partial charge in [0.25, 0.3) is 0 Å². The Morgan fingerprint density at radius 2 is 2.03 bits per heavy atom. The SMILES string of the molecule is CN(CC1(C(=O)O)CCC1)c1nc(-c2cc(-c3nccs3)n(Cc3ccccc3F)n2)ncc1F. The van der Waals surface area contributed by atoms with Gasteiger partial charge in [0.2, 0.25) is 0 Å². The van der Waals surface area contributed by atoms with E-state index in [1.54, 1.807) is 42.2 Å². The molecule has 1 fully saturated rings. The molecule has 0 unspecified atom stereocenters. The number of thiazole rings is 1. The summed E-state index contributed by atoms with van der Waals surface area (Å²) >= 11 is 1.41. The van der Waals surface area contributed by atoms with Crippen LogP contribution in [-0.4, -0.2) is 49.4 Å². The average molecular weight is 497 g/mol. The Bertz CT molecular complexity index is 1370. The molecule has 0 bridgehead atoms. The number of carboxylic acids is 1. The Labute approximate surface area is 203 Å². The number of aromatic nitrogens is 5. The van der Waals surface area contributed by atoms with Crippen LogP contribution >= 0.6 is 11.3 Å². The molecule has 1 saturated carbocycles. The van der Waals surface area contributed by atoms with Crippen molar-refractivity contribution < 1.29 is 18.7 Å². The number of hydrogen-bond donors (Lipinski definition) is 1. The van der Waals surface area contributed by atoms with Crippen LogP contribution in [-0.2, 0) is 11.3 Å². The maximum Gasteiger partial charge on any atom is 0.311 e. The predicted octanol–water partition coefficient (Wildman–Crippen LogP) is 4.48. The topological polar surface area (TPSA) is 97.0 Å². The van der Waals surface area contributed by atoms with Gasteiger partial charge in [-0.15, -0.1) is 11.3 Å². The van der Waals surface area contributed by atoms with Gasteiger partial charge in [-0.25, -0.2) is 23.7 Å². The maximum atomic E-state index is 14.7. The van der Waals surface area contributed by atoms with Gasteiger partial charge in [0.15, 0.2) is 17.5 Å². The van der Waals surface area contributed by atoms with Crippen molar-refractivity contribution in [3.63, 3.8) is 0 Å². The minimum atomic E-state index is -0.897. The minimum Gasteiger partial charge on any atom is -0.481 e. The zero-order chi connectivity index (χ0) is 24.6. The first kappa shape index (κ1) is 23.0. The molecule has 1 aliphatic rings. The molecular formula is C24H22F2N6O2S. The number of anilines is 1. The molecule has 3 heterocycles. The summed E-state index contributed by atoms with van der Waals surface area (Å²) in [6.45, 7) is 0.304. The van der Waals surface area contributed by atoms with Crippen molar-refractivity contribution in [1.82, 2.24) is 24.7 Å². The Morgan fingerprint density at radius 1 is 1.23 bits per heavy atom. The Balaban J connectivity index is 1.50. The molecule has 35 heavy (non-hydrogen) atoms. The monoisotopic (exact) mass is 496 g/mol. The fourth-order valence-corrected chi connectivity index (χ4v) is 4.94. The van der Waals surface area contributed by atoms with Crippen LogP contribution in [0, 0.1) is 17.0 Å². The van der Waals surface area contributed by atoms with E-state index < -0.39 is 17.2 Å². The van der Waals surface area contributed by atoms with Gasteiger partial charge in [-0.3, -0.25) is 9.48 Å². The molecule has 0 aliphatic heterocycles. The van der Waals surface area contributed by atoms with Crippen LogP contribution in [0.1, 0.15) is 24.8 Å². The lowest BCUT2D eigenvalue weighted by molar-refractivity contribution is -0.153. The van der Waals surface area contributed by atoms with Crippen molar-refractivity contribution in [2.75, 3.05) is 18.5 Å². The molecule has 180 valence electrons. The van der Waals surface area contributed by atoms with E-state index >= 15 is 0 Å². The van der Waals surface area contributed by atoms with Crippen LogP contribution < -0.4 is 4.90 Å². The molecular weight excluding hydrogens is 474 g/mol. The van der Waals surface area contributed by atoms with Gasteiger partial charge in [-0.1, -0.05) is 24.6 Å². The summed E-state index contributed by atoms with van der Waals surface area (Å²) in [5, 5.41) is 16.8. The summed E-state index contributed by atoms with van der Waals surface area (Å²) in [7, 11) is 1.62. The summed E-state index contributed by atoms with van der Waals surface area (Å²) < 4.78 is 30.6. The first-order valence-corrected chi connectivity index (χ1v) is 11.9. The molecule has 0 radical (unpaired) electrons. The first-order valence-electron chi connectivity index (χ1n) is 11.0. The molecule has 1 aliphatic carbocycles. The lowest BCUT2D eigenvalue weighted by atomic mass is 9.68. The average Bonchev–Trinajstić information content (AvgIpc) is 3.48. The summed E-state index contributed by atoms with van der Waals surface area (Å²) in [6.07, 6.45) is 4.64. The zero-order valence-corrected chi connectivity index (χ0v) is 19.7. The molecule has 5 rings (SSSR count). The summed E-state index contributed by atoms with van der Waals surface area (Å²) in [5.74, 6) is -1.70. The second kappa shape index (κ2) is 9.14. The molecule has 11 heteroatoms. The molecule has 0 atom stereocenters. The lowest BCUT2D eigenvalue weighted by Gasteiger charge is -2.40. The number of halogens is 2. The molecule has 1 N–H and O–H groups in total. The van der Waals surface area contributed by atoms with Crippen LogP contribution in [0.15, 0.2) is 48.1 Å². The van der Waals surface area contributed by atoms with Crippen molar-refractivity contribution >= 4 is 23.1 Å². The van der Waals surface area contributed by atoms with E-state index in [-0.39, 0.29) is 30.5 Å². The van der Waals surface area contributed by atoms with Gasteiger partial charge in [-0.05, 0) is 25.0 Å². The molecule has 0 saturated heterocycles. The van der Waals surface area contributed by atoms with E-state index in [2.05, 4.69) is 20.1 Å². The summed E-state index contributed by atoms with van der Waals surface area (Å²) in [6, 6.07) is 8.19. The number of aliphatic carboxylic acids is 1. The van der Waals surface area contributed by atoms with Crippen molar-refractivity contribution in [2.45, 2.75) is 25.8 Å². The number of carbonyl (C=O) groups is 1. The predicted molar refractivity (Wildman–Crippen MR) is 127 cm³/mol. The number of hydrogen-bond acceptors (Lipinski definition) is 7. The van der Waals surface area contributed by atoms with Gasteiger partial charge in [-0.2, -0.15) is 5.10 Å². The fourth-order valence-electron chi connectivity index (χ4n) is 4.28. The van der Waals surface area contributed by atoms with E-state index in [0.29, 0.717) is 34.8 Å². The normalized spacial score (nSPS) is 14.5. The highest BCUT2D eigenvalue weighted by molar-refractivity contribution is 7.13. The van der Waals surface area contributed by atoms with Crippen molar-refractivity contribution in [3.8, 4) is 22.2 Å². The standard InChI is InChI=1S/C24H22F2N6O2S/c1-31(14-24(23(33)34)7-4-8-24)21-17(26)12-28-20(29-21)18-11-19(22-27-9-10-35-22)32(30-18)13-15-5-2-3-6-16(15)25/h2-3,5-6,9-12H,4,7-8,13-14H2,1H3,(H,33,34). The third-order valence-electron chi connectivity index (χ3n) is 6.33. The third-order valence-corrected chi connectivity index (χ3v) is 7.13. The van der Waals surface area contributed by atoms with Gasteiger partial charge in [0.05, 0.1) is 23.9 Å². The Kier molecular flexibility index (Phi) is 6.01. The van der Waals surface area contributed by atoms with Crippen LogP contribution in [0.25, 0.3) is 22.2 Å². The molecule has 0 spiro atoms. The lowest BCUT2D eigenvalue weighted by Crippen LogP contribution is -2.47. The quantitative estimate of drug-likeness (QED) is 0.384. The molecule has 3 aromatic heterocycles. The van der Waals surface area contributed by atoms with E-state index in [1.165, 1.54) is 22.3 Å². The van der Waals surface area contributed by atoms with Crippen molar-refractivity contribution in [2.24, 2.45) is 5.41 Å². The highest BCUT2D eigenvalue weighted by Crippen LogP contribution is 2.42. The highest BCUT2D eigenvalue weighted by Gasteiger charge is 2.45. The van der Waals surface area contributed by atoms with E-state index in [0.717, 1.165) is 12.6 Å². The highest BCUT2D eigenvalue weighted by atomic mass is 32.1. The van der Waals surface area contributed by atoms with Crippen LogP contribution in [0.3, 0.4) is 0 Å². The van der Waals surface area contributed by atoms with Crippen molar-refractivity contribution in [3.05, 3.63) is 65.3 Å². The Morgan fingerprint density at radius 3 is 2.69 bits per heavy atom. The second-order valence-corrected chi connectivity index (χ2v) is 9.56. The van der Waals surface area contributed by atoms with Gasteiger partial charge in [0.1, 0.15) is 16.5 Å². The zero-order valence-electron chi connectivity index (χ0n) is 18.9. The van der Waals surface area contributed by atoms with Gasteiger partial charge >= 0.3 is 5.97 Å². The fraction of sp³-hybridized carbons (Fsp3) is 0.292. The molecule has 0 amide bonds.